The minimum absolute atomic E-state index is 0.154. The average molecular weight is 491 g/mol. The summed E-state index contributed by atoms with van der Waals surface area (Å²) in [6, 6.07) is 2.03. The number of fused-ring (bicyclic) bond motifs is 2. The van der Waals surface area contributed by atoms with E-state index in [1.165, 1.54) is 10.2 Å². The summed E-state index contributed by atoms with van der Waals surface area (Å²) in [4.78, 5) is 17.5. The molecule has 5 N–H and O–H groups in total. The number of pyridine rings is 1. The first-order valence-corrected chi connectivity index (χ1v) is 12.4. The fourth-order valence-electron chi connectivity index (χ4n) is 4.06. The first kappa shape index (κ1) is 23.1. The van der Waals surface area contributed by atoms with Crippen molar-refractivity contribution in [3.05, 3.63) is 40.8 Å². The van der Waals surface area contributed by atoms with Crippen molar-refractivity contribution in [3.63, 3.8) is 0 Å². The monoisotopic (exact) mass is 490 g/mol. The van der Waals surface area contributed by atoms with Crippen LogP contribution in [0.2, 0.25) is 5.02 Å². The zero-order valence-corrected chi connectivity index (χ0v) is 20.1. The van der Waals surface area contributed by atoms with E-state index in [0.29, 0.717) is 12.4 Å². The van der Waals surface area contributed by atoms with E-state index >= 15 is 0 Å². The van der Waals surface area contributed by atoms with E-state index in [0.717, 1.165) is 41.6 Å². The Kier molecular flexibility index (Phi) is 6.61. The fraction of sp³-hybridized carbons (Fsp3) is 0.381. The van der Waals surface area contributed by atoms with Gasteiger partial charge in [-0.1, -0.05) is 18.5 Å². The number of primary amides is 1. The van der Waals surface area contributed by atoms with Crippen LogP contribution in [-0.4, -0.2) is 59.9 Å². The van der Waals surface area contributed by atoms with Crippen LogP contribution >= 0.6 is 11.6 Å². The van der Waals surface area contributed by atoms with Crippen molar-refractivity contribution < 1.29 is 9.00 Å². The molecule has 176 valence electrons. The van der Waals surface area contributed by atoms with E-state index in [4.69, 9.17) is 23.1 Å². The Hall–Kier alpha value is -3.05. The largest absolute Gasteiger partial charge is 0.381 e. The van der Waals surface area contributed by atoms with E-state index < -0.39 is 16.7 Å². The molecule has 33 heavy (non-hydrogen) atoms. The Morgan fingerprint density at radius 3 is 2.91 bits per heavy atom. The lowest BCUT2D eigenvalue weighted by Crippen LogP contribution is -2.44. The standard InChI is InChI=1S/C14H18ClN3OS.C7H9N5O/c1-3-11-6-12(15)13-7-16-9-18(13)14(11)17-4-5-20(19)10(2)8-17;8-5-4(6(9)13)7-10-2-1-3-12(7)11-5/h6-7,9-10H,3-5,8H2,1-2H3;1,3,10H,2H2,(H2,8,11)(H2,9,13). The first-order valence-electron chi connectivity index (χ1n) is 10.7. The number of carbonyl (C=O) groups excluding carboxylic acids is 1. The van der Waals surface area contributed by atoms with Gasteiger partial charge in [0.25, 0.3) is 5.91 Å². The third-order valence-electron chi connectivity index (χ3n) is 5.69. The number of imidazole rings is 1. The number of hydrogen-bond donors (Lipinski definition) is 3. The Morgan fingerprint density at radius 1 is 1.42 bits per heavy atom. The second kappa shape index (κ2) is 9.44. The lowest BCUT2D eigenvalue weighted by molar-refractivity contribution is 0.100. The number of carbonyl (C=O) groups is 1. The van der Waals surface area contributed by atoms with Crippen molar-refractivity contribution in [2.45, 2.75) is 25.5 Å². The molecule has 0 radical (unpaired) electrons. The molecule has 2 unspecified atom stereocenters. The fourth-order valence-corrected chi connectivity index (χ4v) is 5.48. The third kappa shape index (κ3) is 4.42. The summed E-state index contributed by atoms with van der Waals surface area (Å²) in [7, 11) is -0.709. The van der Waals surface area contributed by atoms with E-state index in [9.17, 15) is 9.00 Å². The van der Waals surface area contributed by atoms with Crippen LogP contribution < -0.4 is 21.7 Å². The van der Waals surface area contributed by atoms with Crippen LogP contribution in [0.3, 0.4) is 0 Å². The second-order valence-electron chi connectivity index (χ2n) is 7.87. The number of nitrogens with zero attached hydrogens (tertiary/aromatic N) is 5. The Labute approximate surface area is 199 Å². The SMILES string of the molecule is CCc1cc(Cl)c2cncn2c1N1CCS(=O)C(C)C1.NC(=O)c1c(N)nn2c1NCC=C2. The van der Waals surface area contributed by atoms with Gasteiger partial charge in [0.1, 0.15) is 23.5 Å². The van der Waals surface area contributed by atoms with E-state index in [1.54, 1.807) is 12.4 Å². The minimum atomic E-state index is -0.709. The smallest absolute Gasteiger partial charge is 0.256 e. The number of nitrogens with one attached hydrogen (secondary N) is 1. The van der Waals surface area contributed by atoms with E-state index in [1.807, 2.05) is 18.5 Å². The van der Waals surface area contributed by atoms with Crippen molar-refractivity contribution in [2.75, 3.05) is 41.3 Å². The number of hydrogen-bond acceptors (Lipinski definition) is 7. The van der Waals surface area contributed by atoms with Gasteiger partial charge in [-0.25, -0.2) is 9.67 Å². The zero-order chi connectivity index (χ0) is 23.7. The molecule has 2 aliphatic heterocycles. The van der Waals surface area contributed by atoms with Crippen LogP contribution in [0, 0.1) is 0 Å². The number of nitrogen functional groups attached to an aromatic ring is 1. The Morgan fingerprint density at radius 2 is 2.21 bits per heavy atom. The van der Waals surface area contributed by atoms with Gasteiger partial charge in [-0.2, -0.15) is 0 Å². The number of halogens is 1. The molecule has 2 aliphatic rings. The van der Waals surface area contributed by atoms with Gasteiger partial charge < -0.3 is 21.7 Å². The summed E-state index contributed by atoms with van der Waals surface area (Å²) in [5.74, 6) is 2.02. The predicted octanol–water partition coefficient (Wildman–Crippen LogP) is 1.97. The molecule has 0 aliphatic carbocycles. The molecule has 1 amide bonds. The normalized spacial score (nSPS) is 19.5. The highest BCUT2D eigenvalue weighted by Crippen LogP contribution is 2.30. The van der Waals surface area contributed by atoms with Gasteiger partial charge in [0.15, 0.2) is 5.82 Å². The van der Waals surface area contributed by atoms with Crippen molar-refractivity contribution in [2.24, 2.45) is 5.73 Å². The lowest BCUT2D eigenvalue weighted by atomic mass is 10.1. The maximum absolute atomic E-state index is 11.8. The molecular formula is C21H27ClN8O2S. The molecular weight excluding hydrogens is 464 g/mol. The van der Waals surface area contributed by atoms with Crippen molar-refractivity contribution in [1.82, 2.24) is 19.2 Å². The Bertz CT molecular complexity index is 1250. The van der Waals surface area contributed by atoms with E-state index in [2.05, 4.69) is 38.5 Å². The number of aryl methyl sites for hydroxylation is 1. The highest BCUT2D eigenvalue weighted by atomic mass is 35.5. The number of amides is 1. The molecule has 1 fully saturated rings. The Balaban J connectivity index is 0.000000172. The molecule has 5 rings (SSSR count). The number of nitrogens with two attached hydrogens (primary N) is 2. The molecule has 0 saturated carbocycles. The molecule has 1 saturated heterocycles. The molecule has 3 aromatic heterocycles. The molecule has 3 aromatic rings. The maximum Gasteiger partial charge on any atom is 0.256 e. The summed E-state index contributed by atoms with van der Waals surface area (Å²) >= 11 is 6.32. The van der Waals surface area contributed by atoms with Crippen LogP contribution in [0.5, 0.6) is 0 Å². The third-order valence-corrected chi connectivity index (χ3v) is 7.62. The van der Waals surface area contributed by atoms with Crippen molar-refractivity contribution in [3.8, 4) is 0 Å². The van der Waals surface area contributed by atoms with Gasteiger partial charge in [-0.05, 0) is 31.1 Å². The number of anilines is 3. The van der Waals surface area contributed by atoms with Gasteiger partial charge in [0.2, 0.25) is 0 Å². The summed E-state index contributed by atoms with van der Waals surface area (Å²) in [5.41, 5.74) is 13.1. The van der Waals surface area contributed by atoms with Gasteiger partial charge in [-0.3, -0.25) is 13.4 Å². The lowest BCUT2D eigenvalue weighted by Gasteiger charge is -2.34. The van der Waals surface area contributed by atoms with Crippen LogP contribution in [0.15, 0.2) is 24.7 Å². The van der Waals surface area contributed by atoms with Gasteiger partial charge in [-0.15, -0.1) is 5.10 Å². The summed E-state index contributed by atoms with van der Waals surface area (Å²) in [6.07, 6.45) is 8.11. The van der Waals surface area contributed by atoms with Gasteiger partial charge >= 0.3 is 0 Å². The highest BCUT2D eigenvalue weighted by molar-refractivity contribution is 7.85. The first-order chi connectivity index (χ1) is 15.8. The number of aromatic nitrogens is 4. The minimum Gasteiger partial charge on any atom is -0.381 e. The van der Waals surface area contributed by atoms with Crippen LogP contribution in [0.1, 0.15) is 29.8 Å². The molecule has 0 spiro atoms. The zero-order valence-electron chi connectivity index (χ0n) is 18.5. The summed E-state index contributed by atoms with van der Waals surface area (Å²) in [5, 5.41) is 7.81. The van der Waals surface area contributed by atoms with Crippen LogP contribution in [-0.2, 0) is 17.2 Å². The molecule has 2 atom stereocenters. The van der Waals surface area contributed by atoms with Gasteiger partial charge in [0, 0.05) is 47.6 Å². The molecule has 10 nitrogen and oxygen atoms in total. The second-order valence-corrected chi connectivity index (χ2v) is 10.3. The molecule has 5 heterocycles. The number of rotatable bonds is 3. The van der Waals surface area contributed by atoms with Crippen molar-refractivity contribution >= 4 is 57.5 Å². The molecule has 0 bridgehead atoms. The molecule has 12 heteroatoms. The average Bonchev–Trinajstić information content (AvgIpc) is 3.40. The van der Waals surface area contributed by atoms with E-state index in [-0.39, 0.29) is 16.6 Å². The van der Waals surface area contributed by atoms with Gasteiger partial charge in [0.05, 0.1) is 16.7 Å². The predicted molar refractivity (Wildman–Crippen MR) is 133 cm³/mol. The van der Waals surface area contributed by atoms with Crippen LogP contribution in [0.25, 0.3) is 11.7 Å². The summed E-state index contributed by atoms with van der Waals surface area (Å²) < 4.78 is 15.4. The highest BCUT2D eigenvalue weighted by Gasteiger charge is 2.26. The maximum atomic E-state index is 11.8. The quantitative estimate of drug-likeness (QED) is 0.510. The molecule has 0 aromatic carbocycles. The van der Waals surface area contributed by atoms with Crippen LogP contribution in [0.4, 0.5) is 17.5 Å². The summed E-state index contributed by atoms with van der Waals surface area (Å²) in [6.45, 7) is 6.46. The topological polar surface area (TPSA) is 137 Å². The van der Waals surface area contributed by atoms with Crippen molar-refractivity contribution in [1.29, 1.82) is 0 Å².